The van der Waals surface area contributed by atoms with Crippen molar-refractivity contribution in [2.24, 2.45) is 10.2 Å². The minimum atomic E-state index is -2.07. The van der Waals surface area contributed by atoms with Gasteiger partial charge in [0.25, 0.3) is 16.7 Å². The third-order valence-corrected chi connectivity index (χ3v) is 8.71. The molecule has 0 saturated heterocycles. The third kappa shape index (κ3) is 7.21. The average molecular weight is 796 g/mol. The minimum absolute atomic E-state index is 0.0179. The number of rotatable bonds is 10. The Balaban J connectivity index is 0.000000153. The second-order valence-corrected chi connectivity index (χ2v) is 12.0. The van der Waals surface area contributed by atoms with E-state index < -0.39 is 47.2 Å². The second-order valence-electron chi connectivity index (χ2n) is 12.0. The highest BCUT2D eigenvalue weighted by atomic mass is 16.5. The Morgan fingerprint density at radius 2 is 1.37 bits per heavy atom. The number of nitrogens with zero attached hydrogens (tertiary/aromatic N) is 14. The molecule has 0 radical (unpaired) electrons. The van der Waals surface area contributed by atoms with Crippen LogP contribution in [0.3, 0.4) is 0 Å². The summed E-state index contributed by atoms with van der Waals surface area (Å²) in [4.78, 5) is 74.8. The number of hydrogen-bond acceptors (Lipinski definition) is 20. The Labute approximate surface area is 314 Å². The Kier molecular flexibility index (Phi) is 11.0. The van der Waals surface area contributed by atoms with Gasteiger partial charge in [-0.2, -0.15) is 15.0 Å². The normalized spacial score (nSPS) is 21.4. The highest BCUT2D eigenvalue weighted by molar-refractivity contribution is 5.72. The van der Waals surface area contributed by atoms with Crippen LogP contribution in [0, 0.1) is 0 Å². The molecule has 2 aliphatic heterocycles. The van der Waals surface area contributed by atoms with Crippen molar-refractivity contribution in [1.82, 2.24) is 59.0 Å². The maximum absolute atomic E-state index is 12.5. The zero-order chi connectivity index (χ0) is 41.1. The fourth-order valence-electron chi connectivity index (χ4n) is 5.78. The number of azide groups is 2. The van der Waals surface area contributed by atoms with Crippen LogP contribution in [0.1, 0.15) is 20.1 Å². The molecule has 0 aromatic carbocycles. The molecule has 6 unspecified atom stereocenters. The Hall–Kier alpha value is -7.17. The minimum Gasteiger partial charge on any atom is -0.373 e. The molecule has 2 aliphatic rings. The van der Waals surface area contributed by atoms with Gasteiger partial charge in [-0.25, -0.2) is 24.1 Å². The van der Waals surface area contributed by atoms with E-state index in [2.05, 4.69) is 80.5 Å². The monoisotopic (exact) mass is 795 g/mol. The number of anilines is 3. The number of ether oxygens (including phenoxy) is 2. The molecule has 6 aromatic rings. The Morgan fingerprint density at radius 1 is 0.842 bits per heavy atom. The van der Waals surface area contributed by atoms with Crippen molar-refractivity contribution in [3.05, 3.63) is 70.9 Å². The maximum atomic E-state index is 12.5. The number of hydrogen-bond donors (Lipinski definition) is 11. The van der Waals surface area contributed by atoms with Crippen molar-refractivity contribution < 1.29 is 29.9 Å². The van der Waals surface area contributed by atoms with Crippen LogP contribution in [0.15, 0.2) is 43.6 Å². The van der Waals surface area contributed by atoms with Gasteiger partial charge in [0.05, 0.1) is 32.2 Å². The maximum Gasteiger partial charge on any atom is 0.283 e. The molecule has 0 spiro atoms. The number of fused-ring (bicyclic) bond motifs is 5. The number of aliphatic hydroxyl groups excluding tert-OH is 2. The van der Waals surface area contributed by atoms with Crippen molar-refractivity contribution in [3.63, 3.8) is 0 Å². The summed E-state index contributed by atoms with van der Waals surface area (Å²) in [6, 6.07) is 0. The van der Waals surface area contributed by atoms with Crippen LogP contribution in [0.4, 0.5) is 17.8 Å². The van der Waals surface area contributed by atoms with Gasteiger partial charge in [0, 0.05) is 22.9 Å². The summed E-state index contributed by atoms with van der Waals surface area (Å²) in [6.45, 7) is 3.19. The molecule has 0 amide bonds. The van der Waals surface area contributed by atoms with Gasteiger partial charge in [0.1, 0.15) is 12.2 Å². The smallest absolute Gasteiger partial charge is 0.283 e. The van der Waals surface area contributed by atoms with E-state index in [0.29, 0.717) is 11.2 Å². The summed E-state index contributed by atoms with van der Waals surface area (Å²) in [5.74, 6) is 0.0415. The van der Waals surface area contributed by atoms with Crippen LogP contribution in [0.25, 0.3) is 54.4 Å². The van der Waals surface area contributed by atoms with Crippen molar-refractivity contribution in [1.29, 1.82) is 0 Å². The first kappa shape index (κ1) is 39.5. The summed E-state index contributed by atoms with van der Waals surface area (Å²) >= 11 is 0. The first-order valence-electron chi connectivity index (χ1n) is 16.5. The van der Waals surface area contributed by atoms with E-state index in [4.69, 9.17) is 26.3 Å². The molecular formula is C27H33N21O9. The standard InChI is InChI=1S/2C11H14N8O4.C5H5N5O/c1-5(23-3-2-15-18-12)11(22)9(21)19-8(20)6-7(14-4-13-6)16-10(19)17-11;1-5(23-3-2-15-18-12)11(22)9(21)17-10-16-7-6(13-4-14-7)8(20)19(10)11;6-5-9-3-2(4(11)10-5)7-1-8-3/h2*4-5,9,21-22H,2-3H2,1H3,(H,13,14)(H,16,17);1H,(H4,6,7,8,9,10,11). The molecule has 0 aliphatic carbocycles. The van der Waals surface area contributed by atoms with Crippen molar-refractivity contribution in [2.45, 2.75) is 50.0 Å². The molecule has 57 heavy (non-hydrogen) atoms. The van der Waals surface area contributed by atoms with E-state index >= 15 is 0 Å². The molecule has 8 rings (SSSR count). The van der Waals surface area contributed by atoms with Gasteiger partial charge in [-0.15, -0.1) is 0 Å². The number of aromatic nitrogens is 12. The van der Waals surface area contributed by atoms with Gasteiger partial charge in [-0.05, 0) is 24.9 Å². The Morgan fingerprint density at radius 3 is 1.96 bits per heavy atom. The molecule has 0 saturated carbocycles. The average Bonchev–Trinajstić information content (AvgIpc) is 4.02. The van der Waals surface area contributed by atoms with Crippen LogP contribution in [-0.4, -0.2) is 130 Å². The zero-order valence-electron chi connectivity index (χ0n) is 29.5. The van der Waals surface area contributed by atoms with E-state index in [1.165, 1.54) is 32.8 Å². The summed E-state index contributed by atoms with van der Waals surface area (Å²) in [6.07, 6.45) is -1.01. The van der Waals surface area contributed by atoms with Gasteiger partial charge < -0.3 is 61.2 Å². The summed E-state index contributed by atoms with van der Waals surface area (Å²) in [7, 11) is 0. The van der Waals surface area contributed by atoms with Gasteiger partial charge in [0.15, 0.2) is 45.9 Å². The molecule has 30 heteroatoms. The highest BCUT2D eigenvalue weighted by Gasteiger charge is 2.52. The quantitative estimate of drug-likeness (QED) is 0.0306. The fourth-order valence-corrected chi connectivity index (χ4v) is 5.78. The number of nitrogens with two attached hydrogens (primary N) is 1. The molecular weight excluding hydrogens is 762 g/mol. The topological polar surface area (TPSA) is 449 Å². The van der Waals surface area contributed by atoms with Crippen LogP contribution in [-0.2, 0) is 15.2 Å². The Bertz CT molecular complexity index is 2690. The lowest BCUT2D eigenvalue weighted by Gasteiger charge is -2.33. The lowest BCUT2D eigenvalue weighted by atomic mass is 10.1. The first-order valence-corrected chi connectivity index (χ1v) is 16.5. The first-order chi connectivity index (χ1) is 27.3. The van der Waals surface area contributed by atoms with Crippen LogP contribution in [0.2, 0.25) is 0 Å². The molecule has 8 heterocycles. The van der Waals surface area contributed by atoms with Gasteiger partial charge in [-0.1, -0.05) is 10.2 Å². The predicted molar refractivity (Wildman–Crippen MR) is 194 cm³/mol. The fraction of sp³-hybridized carbons (Fsp3) is 0.444. The summed E-state index contributed by atoms with van der Waals surface area (Å²) in [5.41, 5.74) is 17.4. The van der Waals surface area contributed by atoms with Crippen LogP contribution < -0.4 is 33.0 Å². The molecule has 12 N–H and O–H groups in total. The molecule has 300 valence electrons. The lowest BCUT2D eigenvalue weighted by molar-refractivity contribution is -0.192. The molecule has 6 aromatic heterocycles. The zero-order valence-corrected chi connectivity index (χ0v) is 29.5. The van der Waals surface area contributed by atoms with Crippen LogP contribution >= 0.6 is 0 Å². The number of imidazole rings is 3. The summed E-state index contributed by atoms with van der Waals surface area (Å²) < 4.78 is 12.6. The van der Waals surface area contributed by atoms with E-state index in [0.717, 1.165) is 9.13 Å². The van der Waals surface area contributed by atoms with Crippen molar-refractivity contribution >= 4 is 51.3 Å². The van der Waals surface area contributed by atoms with Crippen molar-refractivity contribution in [3.8, 4) is 0 Å². The predicted octanol–water partition coefficient (Wildman–Crippen LogP) is -2.11. The molecule has 0 fully saturated rings. The SMILES string of the molecule is CC(OCCN=[N+]=[N-])C1(O)C(O)Nc2nc3nc[nH]c3c(=O)n21.CC(OCCN=[N+]=[N-])C1(O)Nc2nc3nc[nH]c3c(=O)n2C1O.Nc1nc2nc[nH]c2c(=O)[nH]1. The van der Waals surface area contributed by atoms with E-state index in [-0.39, 0.29) is 72.0 Å². The molecule has 30 nitrogen and oxygen atoms in total. The second kappa shape index (κ2) is 15.9. The summed E-state index contributed by atoms with van der Waals surface area (Å²) in [5, 5.41) is 53.8. The molecule has 0 bridgehead atoms. The van der Waals surface area contributed by atoms with Crippen LogP contribution in [0.5, 0.6) is 0 Å². The number of H-pyrrole nitrogens is 4. The number of aromatic amines is 4. The van der Waals surface area contributed by atoms with E-state index in [9.17, 15) is 34.8 Å². The third-order valence-electron chi connectivity index (χ3n) is 8.71. The number of aliphatic hydroxyl groups is 4. The number of nitrogen functional groups attached to an aromatic ring is 1. The van der Waals surface area contributed by atoms with E-state index in [1.807, 2.05) is 0 Å². The lowest BCUT2D eigenvalue weighted by Crippen LogP contribution is -2.55. The largest absolute Gasteiger partial charge is 0.373 e. The highest BCUT2D eigenvalue weighted by Crippen LogP contribution is 2.35. The molecule has 6 atom stereocenters. The van der Waals surface area contributed by atoms with Gasteiger partial charge >= 0.3 is 0 Å². The van der Waals surface area contributed by atoms with Gasteiger partial charge in [-0.3, -0.25) is 19.4 Å². The van der Waals surface area contributed by atoms with Gasteiger partial charge in [0.2, 0.25) is 29.3 Å². The number of nitrogens with one attached hydrogen (secondary N) is 6. The van der Waals surface area contributed by atoms with E-state index in [1.54, 1.807) is 0 Å². The van der Waals surface area contributed by atoms with Crippen molar-refractivity contribution in [2.75, 3.05) is 42.7 Å².